The van der Waals surface area contributed by atoms with Gasteiger partial charge in [-0.1, -0.05) is 29.8 Å². The first kappa shape index (κ1) is 15.6. The number of nitrogens with zero attached hydrogens (tertiary/aromatic N) is 1. The monoisotopic (exact) mass is 328 g/mol. The van der Waals surface area contributed by atoms with Crippen molar-refractivity contribution < 1.29 is 9.59 Å². The Bertz CT molecular complexity index is 751. The molecule has 3 rings (SSSR count). The van der Waals surface area contributed by atoms with Crippen LogP contribution in [0.5, 0.6) is 0 Å². The molecule has 118 valence electrons. The van der Waals surface area contributed by atoms with E-state index in [1.807, 2.05) is 32.0 Å². The molecule has 5 heteroatoms. The third-order valence-electron chi connectivity index (χ3n) is 4.03. The Labute approximate surface area is 140 Å². The van der Waals surface area contributed by atoms with Crippen molar-refractivity contribution in [1.82, 2.24) is 0 Å². The second-order valence-electron chi connectivity index (χ2n) is 5.71. The molecule has 0 bridgehead atoms. The standard InChI is InChI=1S/C18H17ClN2O2/c1-11-4-3-5-12(2)17(11)20-15-10-16(22)21(18(15)23)14-8-6-13(19)7-9-14/h3-9,15,20H,10H2,1-2H3/t15-/m1/s1. The topological polar surface area (TPSA) is 49.4 Å². The van der Waals surface area contributed by atoms with E-state index in [1.54, 1.807) is 24.3 Å². The van der Waals surface area contributed by atoms with Gasteiger partial charge in [0.15, 0.2) is 0 Å². The van der Waals surface area contributed by atoms with Crippen molar-refractivity contribution in [3.8, 4) is 0 Å². The van der Waals surface area contributed by atoms with Gasteiger partial charge in [0.05, 0.1) is 12.1 Å². The number of carbonyl (C=O) groups is 2. The molecule has 1 atom stereocenters. The van der Waals surface area contributed by atoms with Crippen molar-refractivity contribution >= 4 is 34.8 Å². The van der Waals surface area contributed by atoms with E-state index in [1.165, 1.54) is 4.90 Å². The summed E-state index contributed by atoms with van der Waals surface area (Å²) in [6.07, 6.45) is 0.148. The van der Waals surface area contributed by atoms with Gasteiger partial charge in [-0.15, -0.1) is 0 Å². The number of nitrogens with one attached hydrogen (secondary N) is 1. The summed E-state index contributed by atoms with van der Waals surface area (Å²) in [6, 6.07) is 12.1. The number of hydrogen-bond acceptors (Lipinski definition) is 3. The van der Waals surface area contributed by atoms with Crippen LogP contribution in [-0.4, -0.2) is 17.9 Å². The first-order chi connectivity index (χ1) is 11.0. The Morgan fingerprint density at radius 2 is 1.65 bits per heavy atom. The van der Waals surface area contributed by atoms with Gasteiger partial charge in [0.25, 0.3) is 5.91 Å². The first-order valence-electron chi connectivity index (χ1n) is 7.42. The van der Waals surface area contributed by atoms with Crippen LogP contribution < -0.4 is 10.2 Å². The van der Waals surface area contributed by atoms with Crippen LogP contribution in [0.1, 0.15) is 17.5 Å². The zero-order chi connectivity index (χ0) is 16.6. The van der Waals surface area contributed by atoms with Crippen molar-refractivity contribution in [1.29, 1.82) is 0 Å². The van der Waals surface area contributed by atoms with Crippen LogP contribution in [0.2, 0.25) is 5.02 Å². The molecule has 0 radical (unpaired) electrons. The predicted octanol–water partition coefficient (Wildman–Crippen LogP) is 3.70. The highest BCUT2D eigenvalue weighted by Gasteiger charge is 2.39. The second-order valence-corrected chi connectivity index (χ2v) is 6.15. The maximum atomic E-state index is 12.6. The largest absolute Gasteiger partial charge is 0.373 e. The minimum Gasteiger partial charge on any atom is -0.373 e. The van der Waals surface area contributed by atoms with Crippen molar-refractivity contribution in [2.24, 2.45) is 0 Å². The van der Waals surface area contributed by atoms with Crippen LogP contribution in [-0.2, 0) is 9.59 Å². The quantitative estimate of drug-likeness (QED) is 0.874. The minimum atomic E-state index is -0.544. The van der Waals surface area contributed by atoms with E-state index in [-0.39, 0.29) is 18.2 Å². The smallest absolute Gasteiger partial charge is 0.256 e. The van der Waals surface area contributed by atoms with E-state index in [2.05, 4.69) is 5.32 Å². The lowest BCUT2D eigenvalue weighted by molar-refractivity contribution is -0.121. The van der Waals surface area contributed by atoms with Crippen LogP contribution in [0, 0.1) is 13.8 Å². The molecule has 0 aromatic heterocycles. The fraction of sp³-hybridized carbons (Fsp3) is 0.222. The Morgan fingerprint density at radius 3 is 2.26 bits per heavy atom. The molecule has 4 nitrogen and oxygen atoms in total. The Hall–Kier alpha value is -2.33. The summed E-state index contributed by atoms with van der Waals surface area (Å²) >= 11 is 5.86. The molecule has 0 saturated carbocycles. The second kappa shape index (κ2) is 6.05. The lowest BCUT2D eigenvalue weighted by Gasteiger charge is -2.18. The number of aryl methyl sites for hydroxylation is 2. The van der Waals surface area contributed by atoms with Gasteiger partial charge in [-0.2, -0.15) is 0 Å². The minimum absolute atomic E-state index is 0.148. The highest BCUT2D eigenvalue weighted by atomic mass is 35.5. The van der Waals surface area contributed by atoms with E-state index in [0.29, 0.717) is 10.7 Å². The third-order valence-corrected chi connectivity index (χ3v) is 4.28. The number of benzene rings is 2. The van der Waals surface area contributed by atoms with Crippen molar-refractivity contribution in [3.05, 3.63) is 58.6 Å². The number of imide groups is 1. The number of anilines is 2. The van der Waals surface area contributed by atoms with Crippen molar-refractivity contribution in [2.75, 3.05) is 10.2 Å². The Morgan fingerprint density at radius 1 is 1.04 bits per heavy atom. The van der Waals surface area contributed by atoms with Gasteiger partial charge in [-0.05, 0) is 49.2 Å². The van der Waals surface area contributed by atoms with E-state index in [0.717, 1.165) is 16.8 Å². The lowest BCUT2D eigenvalue weighted by atomic mass is 10.1. The van der Waals surface area contributed by atoms with Gasteiger partial charge in [0.1, 0.15) is 6.04 Å². The van der Waals surface area contributed by atoms with E-state index in [9.17, 15) is 9.59 Å². The highest BCUT2D eigenvalue weighted by Crippen LogP contribution is 2.28. The van der Waals surface area contributed by atoms with Gasteiger partial charge < -0.3 is 5.32 Å². The van der Waals surface area contributed by atoms with Gasteiger partial charge in [-0.3, -0.25) is 9.59 Å². The Kier molecular flexibility index (Phi) is 4.09. The predicted molar refractivity (Wildman–Crippen MR) is 91.9 cm³/mol. The average molecular weight is 329 g/mol. The number of amides is 2. The van der Waals surface area contributed by atoms with Crippen molar-refractivity contribution in [3.63, 3.8) is 0 Å². The van der Waals surface area contributed by atoms with Crippen LogP contribution >= 0.6 is 11.6 Å². The molecule has 1 N–H and O–H groups in total. The molecule has 1 aliphatic rings. The van der Waals surface area contributed by atoms with E-state index >= 15 is 0 Å². The van der Waals surface area contributed by atoms with Crippen LogP contribution in [0.25, 0.3) is 0 Å². The molecule has 2 aromatic carbocycles. The van der Waals surface area contributed by atoms with Crippen LogP contribution in [0.15, 0.2) is 42.5 Å². The molecule has 0 spiro atoms. The zero-order valence-electron chi connectivity index (χ0n) is 13.0. The number of rotatable bonds is 3. The summed E-state index contributed by atoms with van der Waals surface area (Å²) < 4.78 is 0. The SMILES string of the molecule is Cc1cccc(C)c1N[C@@H]1CC(=O)N(c2ccc(Cl)cc2)C1=O. The van der Waals surface area contributed by atoms with Gasteiger partial charge in [0.2, 0.25) is 5.91 Å². The summed E-state index contributed by atoms with van der Waals surface area (Å²) in [7, 11) is 0. The summed E-state index contributed by atoms with van der Waals surface area (Å²) in [5, 5.41) is 3.80. The van der Waals surface area contributed by atoms with Crippen LogP contribution in [0.4, 0.5) is 11.4 Å². The zero-order valence-corrected chi connectivity index (χ0v) is 13.7. The van der Waals surface area contributed by atoms with Gasteiger partial charge in [0, 0.05) is 10.7 Å². The normalized spacial score (nSPS) is 17.7. The molecule has 1 fully saturated rings. The molecule has 0 unspecified atom stereocenters. The molecule has 2 amide bonds. The fourth-order valence-electron chi connectivity index (χ4n) is 2.82. The molecule has 1 heterocycles. The number of carbonyl (C=O) groups excluding carboxylic acids is 2. The van der Waals surface area contributed by atoms with E-state index in [4.69, 9.17) is 11.6 Å². The van der Waals surface area contributed by atoms with Crippen LogP contribution in [0.3, 0.4) is 0 Å². The fourth-order valence-corrected chi connectivity index (χ4v) is 2.95. The van der Waals surface area contributed by atoms with Gasteiger partial charge >= 0.3 is 0 Å². The molecule has 0 aliphatic carbocycles. The van der Waals surface area contributed by atoms with Gasteiger partial charge in [-0.25, -0.2) is 4.90 Å². The first-order valence-corrected chi connectivity index (χ1v) is 7.80. The summed E-state index contributed by atoms with van der Waals surface area (Å²) in [6.45, 7) is 3.96. The maximum Gasteiger partial charge on any atom is 0.256 e. The Balaban J connectivity index is 1.85. The molecule has 23 heavy (non-hydrogen) atoms. The van der Waals surface area contributed by atoms with E-state index < -0.39 is 6.04 Å². The summed E-state index contributed by atoms with van der Waals surface area (Å²) in [4.78, 5) is 26.1. The number of halogens is 1. The molecular weight excluding hydrogens is 312 g/mol. The number of hydrogen-bond donors (Lipinski definition) is 1. The lowest BCUT2D eigenvalue weighted by Crippen LogP contribution is -2.35. The maximum absolute atomic E-state index is 12.6. The number of para-hydroxylation sites is 1. The summed E-state index contributed by atoms with van der Waals surface area (Å²) in [5.41, 5.74) is 3.57. The summed E-state index contributed by atoms with van der Waals surface area (Å²) in [5.74, 6) is -0.443. The molecule has 1 saturated heterocycles. The average Bonchev–Trinajstić information content (AvgIpc) is 2.79. The third kappa shape index (κ3) is 2.94. The molecule has 1 aliphatic heterocycles. The molecular formula is C18H17ClN2O2. The van der Waals surface area contributed by atoms with Crippen molar-refractivity contribution in [2.45, 2.75) is 26.3 Å². The molecule has 2 aromatic rings. The highest BCUT2D eigenvalue weighted by molar-refractivity contribution is 6.30.